The third kappa shape index (κ3) is 2.27. The first-order chi connectivity index (χ1) is 10.0. The van der Waals surface area contributed by atoms with Crippen LogP contribution in [0.3, 0.4) is 0 Å². The molecule has 1 atom stereocenters. The van der Waals surface area contributed by atoms with Gasteiger partial charge in [0.2, 0.25) is 0 Å². The summed E-state index contributed by atoms with van der Waals surface area (Å²) in [4.78, 5) is 7.05. The fraction of sp³-hybridized carbons (Fsp3) is 0.231. The first kappa shape index (κ1) is 13.9. The van der Waals surface area contributed by atoms with Crippen molar-refractivity contribution in [2.75, 3.05) is 0 Å². The number of nitrogens with zero attached hydrogens (tertiary/aromatic N) is 2. The van der Waals surface area contributed by atoms with Gasteiger partial charge in [-0.05, 0) is 42.6 Å². The van der Waals surface area contributed by atoms with Gasteiger partial charge in [-0.1, -0.05) is 5.16 Å². The van der Waals surface area contributed by atoms with Gasteiger partial charge in [0.05, 0.1) is 16.1 Å². The SMILES string of the molecule is Cc1noc(C)c1-c1cc(S(=O)[O-])c2nc(CO)[nH]c2c1. The first-order valence-electron chi connectivity index (χ1n) is 6.17. The smallest absolute Gasteiger partial charge is 0.141 e. The molecular weight excluding hydrogens is 294 g/mol. The zero-order chi connectivity index (χ0) is 15.1. The molecule has 0 aliphatic carbocycles. The average molecular weight is 306 g/mol. The second-order valence-corrected chi connectivity index (χ2v) is 5.56. The minimum Gasteiger partial charge on any atom is -0.768 e. The lowest BCUT2D eigenvalue weighted by molar-refractivity contribution is 0.273. The fourth-order valence-electron chi connectivity index (χ4n) is 2.38. The average Bonchev–Trinajstić information content (AvgIpc) is 3.00. The van der Waals surface area contributed by atoms with Gasteiger partial charge < -0.3 is 19.2 Å². The third-order valence-corrected chi connectivity index (χ3v) is 3.92. The highest BCUT2D eigenvalue weighted by molar-refractivity contribution is 7.79. The summed E-state index contributed by atoms with van der Waals surface area (Å²) in [5.41, 5.74) is 2.95. The summed E-state index contributed by atoms with van der Waals surface area (Å²) in [5.74, 6) is 0.920. The molecule has 2 aromatic heterocycles. The normalized spacial score (nSPS) is 13.0. The number of benzene rings is 1. The largest absolute Gasteiger partial charge is 0.768 e. The lowest BCUT2D eigenvalue weighted by Gasteiger charge is -2.09. The van der Waals surface area contributed by atoms with E-state index in [9.17, 15) is 8.76 Å². The Labute approximate surface area is 122 Å². The van der Waals surface area contributed by atoms with E-state index in [-0.39, 0.29) is 11.5 Å². The fourth-order valence-corrected chi connectivity index (χ4v) is 2.91. The van der Waals surface area contributed by atoms with Crippen LogP contribution in [0.4, 0.5) is 0 Å². The van der Waals surface area contributed by atoms with Crippen molar-refractivity contribution >= 4 is 22.1 Å². The summed E-state index contributed by atoms with van der Waals surface area (Å²) in [7, 11) is 0. The molecule has 0 saturated heterocycles. The molecule has 3 rings (SSSR count). The molecule has 21 heavy (non-hydrogen) atoms. The molecule has 0 aliphatic heterocycles. The Morgan fingerprint density at radius 3 is 2.76 bits per heavy atom. The molecule has 1 unspecified atom stereocenters. The van der Waals surface area contributed by atoms with Gasteiger partial charge in [0.15, 0.2) is 0 Å². The van der Waals surface area contributed by atoms with Crippen molar-refractivity contribution in [2.24, 2.45) is 0 Å². The molecule has 0 fully saturated rings. The van der Waals surface area contributed by atoms with Crippen molar-refractivity contribution in [1.29, 1.82) is 0 Å². The van der Waals surface area contributed by atoms with Gasteiger partial charge in [-0.25, -0.2) is 4.98 Å². The third-order valence-electron chi connectivity index (χ3n) is 3.25. The minimum absolute atomic E-state index is 0.0680. The van der Waals surface area contributed by atoms with E-state index in [4.69, 9.17) is 9.63 Å². The molecule has 0 saturated carbocycles. The maximum atomic E-state index is 11.4. The predicted molar refractivity (Wildman–Crippen MR) is 74.2 cm³/mol. The van der Waals surface area contributed by atoms with Crippen molar-refractivity contribution in [1.82, 2.24) is 15.1 Å². The number of aliphatic hydroxyl groups excluding tert-OH is 1. The molecular formula is C13H12N3O4S-. The van der Waals surface area contributed by atoms with Crippen LogP contribution in [-0.4, -0.2) is 29.0 Å². The zero-order valence-electron chi connectivity index (χ0n) is 11.3. The van der Waals surface area contributed by atoms with Gasteiger partial charge in [-0.2, -0.15) is 0 Å². The summed E-state index contributed by atoms with van der Waals surface area (Å²) < 4.78 is 28.0. The summed E-state index contributed by atoms with van der Waals surface area (Å²) >= 11 is -2.44. The topological polar surface area (TPSA) is 115 Å². The van der Waals surface area contributed by atoms with E-state index in [0.29, 0.717) is 33.9 Å². The second-order valence-electron chi connectivity index (χ2n) is 4.65. The van der Waals surface area contributed by atoms with E-state index in [1.54, 1.807) is 19.9 Å². The van der Waals surface area contributed by atoms with Crippen LogP contribution in [-0.2, 0) is 17.7 Å². The highest BCUT2D eigenvalue weighted by Crippen LogP contribution is 2.32. The highest BCUT2D eigenvalue weighted by Gasteiger charge is 2.16. The van der Waals surface area contributed by atoms with Crippen LogP contribution in [0.5, 0.6) is 0 Å². The maximum absolute atomic E-state index is 11.4. The Bertz CT molecular complexity index is 833. The monoisotopic (exact) mass is 306 g/mol. The van der Waals surface area contributed by atoms with Gasteiger partial charge in [0, 0.05) is 5.56 Å². The number of aryl methyl sites for hydroxylation is 2. The number of fused-ring (bicyclic) bond motifs is 1. The molecule has 3 aromatic rings. The molecule has 2 N–H and O–H groups in total. The number of imidazole rings is 1. The summed E-state index contributed by atoms with van der Waals surface area (Å²) in [6, 6.07) is 3.30. The number of rotatable bonds is 3. The Morgan fingerprint density at radius 2 is 2.19 bits per heavy atom. The number of nitrogens with one attached hydrogen (secondary N) is 1. The van der Waals surface area contributed by atoms with Gasteiger partial charge in [-0.3, -0.25) is 4.21 Å². The van der Waals surface area contributed by atoms with Crippen LogP contribution < -0.4 is 0 Å². The second kappa shape index (κ2) is 5.06. The molecule has 0 spiro atoms. The number of aromatic amines is 1. The Morgan fingerprint density at radius 1 is 1.43 bits per heavy atom. The van der Waals surface area contributed by atoms with Crippen LogP contribution in [0.2, 0.25) is 0 Å². The summed E-state index contributed by atoms with van der Waals surface area (Å²) in [6.07, 6.45) is 0. The Balaban J connectivity index is 2.32. The summed E-state index contributed by atoms with van der Waals surface area (Å²) in [5, 5.41) is 13.0. The van der Waals surface area contributed by atoms with E-state index < -0.39 is 11.1 Å². The molecule has 0 bridgehead atoms. The van der Waals surface area contributed by atoms with Gasteiger partial charge in [0.25, 0.3) is 0 Å². The van der Waals surface area contributed by atoms with Crippen molar-refractivity contribution in [3.63, 3.8) is 0 Å². The number of aromatic nitrogens is 3. The minimum atomic E-state index is -2.44. The van der Waals surface area contributed by atoms with E-state index in [1.165, 1.54) is 6.07 Å². The Kier molecular flexibility index (Phi) is 3.36. The summed E-state index contributed by atoms with van der Waals surface area (Å²) in [6.45, 7) is 3.26. The number of hydrogen-bond donors (Lipinski definition) is 2. The molecule has 7 nitrogen and oxygen atoms in total. The number of aliphatic hydroxyl groups is 1. The first-order valence-corrected chi connectivity index (χ1v) is 7.24. The number of hydrogen-bond acceptors (Lipinski definition) is 6. The molecule has 8 heteroatoms. The van der Waals surface area contributed by atoms with Crippen LogP contribution in [0.1, 0.15) is 17.3 Å². The molecule has 0 amide bonds. The van der Waals surface area contributed by atoms with Gasteiger partial charge in [0.1, 0.15) is 23.7 Å². The maximum Gasteiger partial charge on any atom is 0.141 e. The van der Waals surface area contributed by atoms with Crippen molar-refractivity contribution in [3.8, 4) is 11.1 Å². The Hall–Kier alpha value is -2.03. The van der Waals surface area contributed by atoms with Gasteiger partial charge in [-0.15, -0.1) is 0 Å². The van der Waals surface area contributed by atoms with Crippen molar-refractivity contribution in [3.05, 3.63) is 29.4 Å². The van der Waals surface area contributed by atoms with Crippen LogP contribution in [0.25, 0.3) is 22.2 Å². The van der Waals surface area contributed by atoms with E-state index in [1.807, 2.05) is 0 Å². The van der Waals surface area contributed by atoms with Crippen LogP contribution in [0.15, 0.2) is 21.6 Å². The molecule has 110 valence electrons. The lowest BCUT2D eigenvalue weighted by Crippen LogP contribution is -1.93. The van der Waals surface area contributed by atoms with Crippen LogP contribution in [0, 0.1) is 13.8 Å². The number of H-pyrrole nitrogens is 1. The molecule has 0 radical (unpaired) electrons. The van der Waals surface area contributed by atoms with Crippen molar-refractivity contribution < 1.29 is 18.4 Å². The molecule has 1 aromatic carbocycles. The van der Waals surface area contributed by atoms with Gasteiger partial charge >= 0.3 is 0 Å². The standard InChI is InChI=1S/C13H13N3O4S/c1-6-12(7(2)20-16-6)8-3-9-13(10(4-8)21(18)19)15-11(5-17)14-9/h3-4,17H,5H2,1-2H3,(H,14,15)(H,18,19)/p-1. The predicted octanol–water partition coefficient (Wildman–Crippen LogP) is 1.57. The van der Waals surface area contributed by atoms with E-state index in [0.717, 1.165) is 5.56 Å². The van der Waals surface area contributed by atoms with E-state index in [2.05, 4.69) is 15.1 Å². The van der Waals surface area contributed by atoms with Crippen LogP contribution >= 0.6 is 0 Å². The van der Waals surface area contributed by atoms with E-state index >= 15 is 0 Å². The quantitative estimate of drug-likeness (QED) is 0.710. The zero-order valence-corrected chi connectivity index (χ0v) is 12.2. The molecule has 0 aliphatic rings. The lowest BCUT2D eigenvalue weighted by atomic mass is 10.0. The van der Waals surface area contributed by atoms with Crippen molar-refractivity contribution in [2.45, 2.75) is 25.3 Å². The molecule has 2 heterocycles. The highest BCUT2D eigenvalue weighted by atomic mass is 32.2.